The van der Waals surface area contributed by atoms with Gasteiger partial charge in [0, 0.05) is 12.8 Å². The van der Waals surface area contributed by atoms with Crippen LogP contribution in [0.5, 0.6) is 0 Å². The first-order valence-electron chi connectivity index (χ1n) is 6.15. The summed E-state index contributed by atoms with van der Waals surface area (Å²) < 4.78 is 5.78. The molecule has 1 aliphatic carbocycles. The summed E-state index contributed by atoms with van der Waals surface area (Å²) in [5, 5.41) is 18.9. The summed E-state index contributed by atoms with van der Waals surface area (Å²) in [7, 11) is 0. The highest BCUT2D eigenvalue weighted by Gasteiger charge is 2.48. The van der Waals surface area contributed by atoms with Crippen LogP contribution in [0.2, 0.25) is 0 Å². The maximum absolute atomic E-state index is 11.2. The van der Waals surface area contributed by atoms with Crippen molar-refractivity contribution in [1.29, 1.82) is 10.5 Å². The average Bonchev–Trinajstić information content (AvgIpc) is 2.62. The smallest absolute Gasteiger partial charge is 0.160 e. The van der Waals surface area contributed by atoms with Gasteiger partial charge < -0.3 is 4.74 Å². The Bertz CT molecular complexity index is 544. The van der Waals surface area contributed by atoms with E-state index in [1.54, 1.807) is 6.08 Å². The lowest BCUT2D eigenvalue weighted by atomic mass is 9.70. The van der Waals surface area contributed by atoms with E-state index in [0.29, 0.717) is 5.76 Å². The molecule has 0 aromatic carbocycles. The zero-order valence-corrected chi connectivity index (χ0v) is 10.7. The third kappa shape index (κ3) is 2.44. The van der Waals surface area contributed by atoms with Crippen molar-refractivity contribution >= 4 is 5.78 Å². The number of ketones is 1. The summed E-state index contributed by atoms with van der Waals surface area (Å²) in [4.78, 5) is 11.2. The topological polar surface area (TPSA) is 73.9 Å². The van der Waals surface area contributed by atoms with Crippen molar-refractivity contribution in [3.05, 3.63) is 36.1 Å². The van der Waals surface area contributed by atoms with Gasteiger partial charge >= 0.3 is 0 Å². The Labute approximate surface area is 112 Å². The van der Waals surface area contributed by atoms with Crippen LogP contribution in [0.3, 0.4) is 0 Å². The van der Waals surface area contributed by atoms with E-state index in [9.17, 15) is 15.3 Å². The minimum atomic E-state index is -1.16. The van der Waals surface area contributed by atoms with Crippen LogP contribution in [0.1, 0.15) is 19.8 Å². The summed E-state index contributed by atoms with van der Waals surface area (Å²) in [6.07, 6.45) is 9.10. The molecule has 0 N–H and O–H groups in total. The Hall–Kier alpha value is -2.33. The predicted molar refractivity (Wildman–Crippen MR) is 68.3 cm³/mol. The van der Waals surface area contributed by atoms with Crippen LogP contribution in [-0.4, -0.2) is 11.9 Å². The molecule has 2 rings (SSSR count). The molecule has 4 heteroatoms. The van der Waals surface area contributed by atoms with E-state index in [-0.39, 0.29) is 24.5 Å². The monoisotopic (exact) mass is 254 g/mol. The largest absolute Gasteiger partial charge is 0.493 e. The van der Waals surface area contributed by atoms with Crippen LogP contribution < -0.4 is 0 Å². The highest BCUT2D eigenvalue weighted by Crippen LogP contribution is 2.45. The molecule has 2 atom stereocenters. The van der Waals surface area contributed by atoms with Crippen LogP contribution in [0.25, 0.3) is 0 Å². The summed E-state index contributed by atoms with van der Waals surface area (Å²) >= 11 is 0. The molecular weight excluding hydrogens is 240 g/mol. The van der Waals surface area contributed by atoms with E-state index in [1.165, 1.54) is 6.92 Å². The van der Waals surface area contributed by atoms with Gasteiger partial charge in [0.1, 0.15) is 17.6 Å². The SMILES string of the molecule is CC(=O)C[C@H]1CC(C#N)(C#N)C2C=CC=CC=C2O1. The molecule has 0 aromatic heterocycles. The number of Topliss-reactive ketones (excluding diaryl/α,β-unsaturated/α-hetero) is 1. The van der Waals surface area contributed by atoms with E-state index in [1.807, 2.05) is 24.3 Å². The third-order valence-electron chi connectivity index (χ3n) is 3.39. The second kappa shape index (κ2) is 5.12. The first-order valence-corrected chi connectivity index (χ1v) is 6.15. The highest BCUT2D eigenvalue weighted by molar-refractivity contribution is 5.76. The number of hydrogen-bond donors (Lipinski definition) is 0. The number of carbonyl (C=O) groups is 1. The first kappa shape index (κ1) is 13.1. The molecule has 0 saturated carbocycles. The number of nitrogens with zero attached hydrogens (tertiary/aromatic N) is 2. The van der Waals surface area contributed by atoms with Gasteiger partial charge in [-0.3, -0.25) is 4.79 Å². The van der Waals surface area contributed by atoms with Crippen molar-refractivity contribution in [1.82, 2.24) is 0 Å². The van der Waals surface area contributed by atoms with Gasteiger partial charge in [0.15, 0.2) is 5.41 Å². The van der Waals surface area contributed by atoms with Gasteiger partial charge in [-0.05, 0) is 13.0 Å². The van der Waals surface area contributed by atoms with Gasteiger partial charge in [-0.15, -0.1) is 0 Å². The normalized spacial score (nSPS) is 27.0. The number of hydrogen-bond acceptors (Lipinski definition) is 4. The fourth-order valence-electron chi connectivity index (χ4n) is 2.52. The molecule has 0 amide bonds. The van der Waals surface area contributed by atoms with Crippen LogP contribution >= 0.6 is 0 Å². The molecule has 1 heterocycles. The zero-order valence-electron chi connectivity index (χ0n) is 10.7. The second-order valence-electron chi connectivity index (χ2n) is 4.86. The second-order valence-corrected chi connectivity index (χ2v) is 4.86. The summed E-state index contributed by atoms with van der Waals surface area (Å²) in [5.74, 6) is 0.208. The number of fused-ring (bicyclic) bond motifs is 1. The van der Waals surface area contributed by atoms with Crippen molar-refractivity contribution in [2.24, 2.45) is 11.3 Å². The molecule has 0 bridgehead atoms. The quantitative estimate of drug-likeness (QED) is 0.758. The zero-order chi connectivity index (χ0) is 13.9. The molecule has 1 fully saturated rings. The van der Waals surface area contributed by atoms with Gasteiger partial charge in [-0.25, -0.2) is 0 Å². The molecule has 0 aromatic rings. The first-order chi connectivity index (χ1) is 9.11. The maximum Gasteiger partial charge on any atom is 0.160 e. The van der Waals surface area contributed by atoms with E-state index in [2.05, 4.69) is 12.1 Å². The third-order valence-corrected chi connectivity index (χ3v) is 3.39. The Kier molecular flexibility index (Phi) is 3.53. The Morgan fingerprint density at radius 1 is 1.42 bits per heavy atom. The van der Waals surface area contributed by atoms with Crippen molar-refractivity contribution in [3.8, 4) is 12.1 Å². The number of carbonyl (C=O) groups excluding carboxylic acids is 1. The Morgan fingerprint density at radius 2 is 2.16 bits per heavy atom. The van der Waals surface area contributed by atoms with Gasteiger partial charge in [0.25, 0.3) is 0 Å². The molecule has 1 unspecified atom stereocenters. The predicted octanol–water partition coefficient (Wildman–Crippen LogP) is 2.41. The van der Waals surface area contributed by atoms with Crippen molar-refractivity contribution in [3.63, 3.8) is 0 Å². The van der Waals surface area contributed by atoms with Crippen LogP contribution in [0.15, 0.2) is 36.1 Å². The minimum Gasteiger partial charge on any atom is -0.493 e. The number of allylic oxidation sites excluding steroid dienone is 5. The molecular formula is C15H14N2O2. The molecule has 1 saturated heterocycles. The summed E-state index contributed by atoms with van der Waals surface area (Å²) in [6, 6.07) is 4.25. The lowest BCUT2D eigenvalue weighted by Crippen LogP contribution is -2.40. The summed E-state index contributed by atoms with van der Waals surface area (Å²) in [6.45, 7) is 1.48. The standard InChI is InChI=1S/C15H14N2O2/c1-11(18)7-12-8-15(9-16,10-17)13-5-3-2-4-6-14(13)19-12/h2-6,12-13H,7-8H2,1H3/t12-,13?/m0/s1. The van der Waals surface area contributed by atoms with Gasteiger partial charge in [0.2, 0.25) is 0 Å². The average molecular weight is 254 g/mol. The van der Waals surface area contributed by atoms with Crippen LogP contribution in [0.4, 0.5) is 0 Å². The molecule has 2 aliphatic rings. The lowest BCUT2D eigenvalue weighted by Gasteiger charge is -2.38. The van der Waals surface area contributed by atoms with Crippen molar-refractivity contribution in [2.45, 2.75) is 25.9 Å². The maximum atomic E-state index is 11.2. The van der Waals surface area contributed by atoms with Crippen molar-refractivity contribution < 1.29 is 9.53 Å². The van der Waals surface area contributed by atoms with E-state index < -0.39 is 11.5 Å². The number of rotatable bonds is 2. The number of nitriles is 2. The van der Waals surface area contributed by atoms with E-state index >= 15 is 0 Å². The Balaban J connectivity index is 2.39. The molecule has 19 heavy (non-hydrogen) atoms. The van der Waals surface area contributed by atoms with Gasteiger partial charge in [0.05, 0.1) is 18.1 Å². The molecule has 0 radical (unpaired) electrons. The lowest BCUT2D eigenvalue weighted by molar-refractivity contribution is -0.120. The van der Waals surface area contributed by atoms with E-state index in [4.69, 9.17) is 4.74 Å². The molecule has 0 spiro atoms. The van der Waals surface area contributed by atoms with Crippen LogP contribution in [0, 0.1) is 34.0 Å². The fraction of sp³-hybridized carbons (Fsp3) is 0.400. The molecule has 4 nitrogen and oxygen atoms in total. The van der Waals surface area contributed by atoms with E-state index in [0.717, 1.165) is 0 Å². The Morgan fingerprint density at radius 3 is 2.79 bits per heavy atom. The minimum absolute atomic E-state index is 0.00599. The summed E-state index contributed by atoms with van der Waals surface area (Å²) in [5.41, 5.74) is -1.16. The fourth-order valence-corrected chi connectivity index (χ4v) is 2.52. The van der Waals surface area contributed by atoms with Crippen LogP contribution in [-0.2, 0) is 9.53 Å². The van der Waals surface area contributed by atoms with Gasteiger partial charge in [-0.1, -0.05) is 24.3 Å². The molecule has 96 valence electrons. The number of ether oxygens (including phenoxy) is 1. The van der Waals surface area contributed by atoms with Crippen molar-refractivity contribution in [2.75, 3.05) is 0 Å². The highest BCUT2D eigenvalue weighted by atomic mass is 16.5. The molecule has 1 aliphatic heterocycles. The van der Waals surface area contributed by atoms with Gasteiger partial charge in [-0.2, -0.15) is 10.5 Å².